The zero-order valence-corrected chi connectivity index (χ0v) is 11.8. The molecule has 0 atom stereocenters. The van der Waals surface area contributed by atoms with E-state index in [1.165, 1.54) is 51.5 Å². The quantitative estimate of drug-likeness (QED) is 0.708. The van der Waals surface area contributed by atoms with E-state index < -0.39 is 0 Å². The molecule has 0 aromatic carbocycles. The second-order valence-corrected chi connectivity index (χ2v) is 5.94. The van der Waals surface area contributed by atoms with Crippen LogP contribution in [-0.2, 0) is 0 Å². The van der Waals surface area contributed by atoms with Crippen LogP contribution in [-0.4, -0.2) is 12.6 Å². The fourth-order valence-electron chi connectivity index (χ4n) is 3.34. The van der Waals surface area contributed by atoms with E-state index in [0.29, 0.717) is 11.5 Å². The molecule has 0 spiro atoms. The van der Waals surface area contributed by atoms with Crippen molar-refractivity contribution in [1.29, 1.82) is 0 Å². The third kappa shape index (κ3) is 3.48. The van der Waals surface area contributed by atoms with Gasteiger partial charge in [-0.25, -0.2) is 0 Å². The van der Waals surface area contributed by atoms with Crippen molar-refractivity contribution in [3.8, 4) is 0 Å². The SMILES string of the molecule is CCC(CC)(CNC(C)C)C1CCCCC1. The molecule has 0 aromatic rings. The zero-order chi connectivity index (χ0) is 12.0. The predicted molar refractivity (Wildman–Crippen MR) is 72.7 cm³/mol. The van der Waals surface area contributed by atoms with E-state index >= 15 is 0 Å². The van der Waals surface area contributed by atoms with E-state index in [-0.39, 0.29) is 0 Å². The van der Waals surface area contributed by atoms with Gasteiger partial charge in [-0.15, -0.1) is 0 Å². The van der Waals surface area contributed by atoms with Crippen molar-refractivity contribution >= 4 is 0 Å². The Hall–Kier alpha value is -0.0400. The molecule has 1 rings (SSSR count). The Morgan fingerprint density at radius 2 is 1.62 bits per heavy atom. The predicted octanol–water partition coefficient (Wildman–Crippen LogP) is 4.37. The van der Waals surface area contributed by atoms with Gasteiger partial charge in [-0.3, -0.25) is 0 Å². The van der Waals surface area contributed by atoms with Gasteiger partial charge < -0.3 is 5.32 Å². The largest absolute Gasteiger partial charge is 0.314 e. The van der Waals surface area contributed by atoms with Crippen molar-refractivity contribution in [2.75, 3.05) is 6.54 Å². The van der Waals surface area contributed by atoms with E-state index in [1.807, 2.05) is 0 Å². The highest BCUT2D eigenvalue weighted by atomic mass is 14.9. The summed E-state index contributed by atoms with van der Waals surface area (Å²) in [4.78, 5) is 0. The lowest BCUT2D eigenvalue weighted by Crippen LogP contribution is -2.42. The Balaban J connectivity index is 2.61. The molecule has 0 aromatic heterocycles. The highest BCUT2D eigenvalue weighted by Gasteiger charge is 2.35. The van der Waals surface area contributed by atoms with Gasteiger partial charge in [0, 0.05) is 12.6 Å². The third-order valence-corrected chi connectivity index (χ3v) is 4.74. The van der Waals surface area contributed by atoms with Crippen molar-refractivity contribution in [2.24, 2.45) is 11.3 Å². The van der Waals surface area contributed by atoms with Gasteiger partial charge in [0.2, 0.25) is 0 Å². The van der Waals surface area contributed by atoms with Crippen LogP contribution in [0.25, 0.3) is 0 Å². The Kier molecular flexibility index (Phi) is 5.82. The summed E-state index contributed by atoms with van der Waals surface area (Å²) in [5.41, 5.74) is 0.574. The summed E-state index contributed by atoms with van der Waals surface area (Å²) in [7, 11) is 0. The molecule has 0 radical (unpaired) electrons. The minimum Gasteiger partial charge on any atom is -0.314 e. The number of hydrogen-bond acceptors (Lipinski definition) is 1. The van der Waals surface area contributed by atoms with Gasteiger partial charge in [0.1, 0.15) is 0 Å². The molecule has 1 aliphatic rings. The minimum absolute atomic E-state index is 0.574. The van der Waals surface area contributed by atoms with Crippen LogP contribution in [0.2, 0.25) is 0 Å². The summed E-state index contributed by atoms with van der Waals surface area (Å²) < 4.78 is 0. The normalized spacial score (nSPS) is 19.3. The summed E-state index contributed by atoms with van der Waals surface area (Å²) in [5, 5.41) is 3.69. The second-order valence-electron chi connectivity index (χ2n) is 5.94. The monoisotopic (exact) mass is 225 g/mol. The molecular formula is C15H31N. The Bertz CT molecular complexity index is 176. The van der Waals surface area contributed by atoms with Crippen LogP contribution in [0.15, 0.2) is 0 Å². The lowest BCUT2D eigenvalue weighted by molar-refractivity contribution is 0.0990. The van der Waals surface area contributed by atoms with Gasteiger partial charge in [0.05, 0.1) is 0 Å². The van der Waals surface area contributed by atoms with Crippen molar-refractivity contribution in [3.63, 3.8) is 0 Å². The lowest BCUT2D eigenvalue weighted by Gasteiger charge is -2.42. The first kappa shape index (κ1) is 14.0. The average molecular weight is 225 g/mol. The third-order valence-electron chi connectivity index (χ3n) is 4.74. The minimum atomic E-state index is 0.574. The Morgan fingerprint density at radius 1 is 1.06 bits per heavy atom. The highest BCUT2D eigenvalue weighted by molar-refractivity contribution is 4.88. The first-order valence-corrected chi connectivity index (χ1v) is 7.38. The average Bonchev–Trinajstić information content (AvgIpc) is 2.32. The van der Waals surface area contributed by atoms with Crippen LogP contribution in [0.3, 0.4) is 0 Å². The highest BCUT2D eigenvalue weighted by Crippen LogP contribution is 2.43. The number of hydrogen-bond donors (Lipinski definition) is 1. The molecule has 16 heavy (non-hydrogen) atoms. The fraction of sp³-hybridized carbons (Fsp3) is 1.00. The maximum absolute atomic E-state index is 3.69. The Morgan fingerprint density at radius 3 is 2.06 bits per heavy atom. The molecule has 0 saturated heterocycles. The van der Waals surface area contributed by atoms with E-state index in [1.54, 1.807) is 0 Å². The van der Waals surface area contributed by atoms with E-state index in [0.717, 1.165) is 5.92 Å². The Labute approximate surface area is 102 Å². The summed E-state index contributed by atoms with van der Waals surface area (Å²) in [6.07, 6.45) is 10.0. The molecule has 0 unspecified atom stereocenters. The van der Waals surface area contributed by atoms with E-state index in [9.17, 15) is 0 Å². The maximum Gasteiger partial charge on any atom is 0.00126 e. The summed E-state index contributed by atoms with van der Waals surface area (Å²) in [6.45, 7) is 10.5. The molecule has 96 valence electrons. The number of nitrogens with one attached hydrogen (secondary N) is 1. The second kappa shape index (κ2) is 6.64. The summed E-state index contributed by atoms with van der Waals surface area (Å²) >= 11 is 0. The molecule has 0 bridgehead atoms. The van der Waals surface area contributed by atoms with Gasteiger partial charge in [-0.2, -0.15) is 0 Å². The fourth-order valence-corrected chi connectivity index (χ4v) is 3.34. The molecule has 1 aliphatic carbocycles. The molecule has 1 fully saturated rings. The van der Waals surface area contributed by atoms with Gasteiger partial charge in [0.25, 0.3) is 0 Å². The molecule has 1 saturated carbocycles. The van der Waals surface area contributed by atoms with E-state index in [2.05, 4.69) is 33.0 Å². The van der Waals surface area contributed by atoms with Crippen LogP contribution < -0.4 is 5.32 Å². The van der Waals surface area contributed by atoms with Crippen molar-refractivity contribution in [1.82, 2.24) is 5.32 Å². The van der Waals surface area contributed by atoms with Crippen LogP contribution in [0.4, 0.5) is 0 Å². The molecular weight excluding hydrogens is 194 g/mol. The summed E-state index contributed by atoms with van der Waals surface area (Å²) in [5.74, 6) is 0.975. The first-order chi connectivity index (χ1) is 7.64. The standard InChI is InChI=1S/C15H31N/c1-5-15(6-2,12-16-13(3)4)14-10-8-7-9-11-14/h13-14,16H,5-12H2,1-4H3. The molecule has 1 nitrogen and oxygen atoms in total. The molecule has 0 heterocycles. The topological polar surface area (TPSA) is 12.0 Å². The first-order valence-electron chi connectivity index (χ1n) is 7.38. The summed E-state index contributed by atoms with van der Waals surface area (Å²) in [6, 6.07) is 0.626. The molecule has 1 heteroatoms. The van der Waals surface area contributed by atoms with Crippen LogP contribution in [0, 0.1) is 11.3 Å². The molecule has 1 N–H and O–H groups in total. The smallest absolute Gasteiger partial charge is 0.00126 e. The van der Waals surface area contributed by atoms with Crippen LogP contribution in [0.1, 0.15) is 72.6 Å². The maximum atomic E-state index is 3.69. The van der Waals surface area contributed by atoms with E-state index in [4.69, 9.17) is 0 Å². The number of rotatable bonds is 6. The van der Waals surface area contributed by atoms with Gasteiger partial charge in [-0.1, -0.05) is 47.0 Å². The van der Waals surface area contributed by atoms with Crippen molar-refractivity contribution in [2.45, 2.75) is 78.7 Å². The van der Waals surface area contributed by atoms with Gasteiger partial charge in [-0.05, 0) is 37.0 Å². The molecule has 0 amide bonds. The van der Waals surface area contributed by atoms with Crippen molar-refractivity contribution in [3.05, 3.63) is 0 Å². The zero-order valence-electron chi connectivity index (χ0n) is 11.8. The lowest BCUT2D eigenvalue weighted by atomic mass is 9.65. The molecule has 0 aliphatic heterocycles. The van der Waals surface area contributed by atoms with Gasteiger partial charge in [0.15, 0.2) is 0 Å². The van der Waals surface area contributed by atoms with Crippen LogP contribution >= 0.6 is 0 Å². The van der Waals surface area contributed by atoms with Crippen molar-refractivity contribution < 1.29 is 0 Å². The van der Waals surface area contributed by atoms with Crippen LogP contribution in [0.5, 0.6) is 0 Å². The van der Waals surface area contributed by atoms with Gasteiger partial charge >= 0.3 is 0 Å².